The molecule has 0 spiro atoms. The molecule has 2 fully saturated rings. The van der Waals surface area contributed by atoms with Gasteiger partial charge in [0.2, 0.25) is 5.43 Å². The Labute approximate surface area is 167 Å². The average Bonchev–Trinajstić information content (AvgIpc) is 3.19. The van der Waals surface area contributed by atoms with E-state index in [1.54, 1.807) is 4.90 Å². The van der Waals surface area contributed by atoms with Gasteiger partial charge in [0, 0.05) is 30.9 Å². The molecule has 1 saturated carbocycles. The van der Waals surface area contributed by atoms with Crippen LogP contribution in [0.1, 0.15) is 16.8 Å². The van der Waals surface area contributed by atoms with Gasteiger partial charge in [-0.05, 0) is 30.5 Å². The third-order valence-electron chi connectivity index (χ3n) is 5.82. The molecule has 30 heavy (non-hydrogen) atoms. The van der Waals surface area contributed by atoms with E-state index in [4.69, 9.17) is 5.73 Å². The molecule has 1 aliphatic heterocycles. The standard InChI is InChI=1S/C20H15F3N4O3/c21-10-1-2-15(13(22)3-10)27-7-12(19(29)30)16(28)11-4-14(23)18(25-17(11)27)26-6-9-5-20(9,24)8-26/h1-4,7,9H,5-6,8,24H2,(H,29,30). The van der Waals surface area contributed by atoms with Gasteiger partial charge in [0.05, 0.1) is 11.1 Å². The number of fused-ring (bicyclic) bond motifs is 2. The Morgan fingerprint density at radius 3 is 2.63 bits per heavy atom. The van der Waals surface area contributed by atoms with Crippen LogP contribution in [-0.2, 0) is 0 Å². The van der Waals surface area contributed by atoms with Crippen LogP contribution >= 0.6 is 0 Å². The van der Waals surface area contributed by atoms with Crippen molar-refractivity contribution in [3.05, 3.63) is 63.7 Å². The predicted octanol–water partition coefficient (Wildman–Crippen LogP) is 2.04. The largest absolute Gasteiger partial charge is 0.477 e. The van der Waals surface area contributed by atoms with Gasteiger partial charge in [-0.3, -0.25) is 9.36 Å². The molecule has 1 aliphatic carbocycles. The maximum Gasteiger partial charge on any atom is 0.341 e. The number of hydrogen-bond acceptors (Lipinski definition) is 5. The number of carboxylic acid groups (broad SMARTS) is 1. The quantitative estimate of drug-likeness (QED) is 0.678. The summed E-state index contributed by atoms with van der Waals surface area (Å²) in [7, 11) is 0. The highest BCUT2D eigenvalue weighted by molar-refractivity contribution is 5.92. The van der Waals surface area contributed by atoms with Gasteiger partial charge in [0.15, 0.2) is 17.3 Å². The van der Waals surface area contributed by atoms with Crippen LogP contribution in [0, 0.1) is 23.4 Å². The van der Waals surface area contributed by atoms with Crippen LogP contribution in [0.15, 0.2) is 35.3 Å². The number of rotatable bonds is 3. The summed E-state index contributed by atoms with van der Waals surface area (Å²) >= 11 is 0. The summed E-state index contributed by atoms with van der Waals surface area (Å²) in [6, 6.07) is 3.60. The van der Waals surface area contributed by atoms with Crippen molar-refractivity contribution in [1.82, 2.24) is 9.55 Å². The second-order valence-corrected chi connectivity index (χ2v) is 7.82. The first-order valence-corrected chi connectivity index (χ1v) is 9.16. The molecule has 3 N–H and O–H groups in total. The van der Waals surface area contributed by atoms with Crippen molar-refractivity contribution >= 4 is 22.8 Å². The summed E-state index contributed by atoms with van der Waals surface area (Å²) in [4.78, 5) is 30.0. The van der Waals surface area contributed by atoms with Crippen LogP contribution in [0.3, 0.4) is 0 Å². The molecule has 10 heteroatoms. The lowest BCUT2D eigenvalue weighted by Crippen LogP contribution is -2.34. The number of hydrogen-bond donors (Lipinski definition) is 2. The van der Waals surface area contributed by atoms with Crippen LogP contribution in [0.5, 0.6) is 0 Å². The van der Waals surface area contributed by atoms with Crippen molar-refractivity contribution in [2.75, 3.05) is 18.0 Å². The topological polar surface area (TPSA) is 101 Å². The van der Waals surface area contributed by atoms with E-state index >= 15 is 0 Å². The molecular formula is C20H15F3N4O3. The van der Waals surface area contributed by atoms with E-state index in [0.29, 0.717) is 19.2 Å². The Morgan fingerprint density at radius 2 is 2.00 bits per heavy atom. The van der Waals surface area contributed by atoms with Crippen molar-refractivity contribution in [3.63, 3.8) is 0 Å². The highest BCUT2D eigenvalue weighted by Crippen LogP contribution is 2.48. The zero-order valence-electron chi connectivity index (χ0n) is 15.4. The van der Waals surface area contributed by atoms with Gasteiger partial charge >= 0.3 is 5.97 Å². The van der Waals surface area contributed by atoms with Crippen molar-refractivity contribution in [3.8, 4) is 5.69 Å². The zero-order valence-corrected chi connectivity index (χ0v) is 15.4. The summed E-state index contributed by atoms with van der Waals surface area (Å²) in [5.41, 5.74) is 3.78. The van der Waals surface area contributed by atoms with Crippen LogP contribution in [-0.4, -0.2) is 39.3 Å². The molecule has 0 bridgehead atoms. The number of piperidine rings is 1. The number of halogens is 3. The maximum absolute atomic E-state index is 14.9. The summed E-state index contributed by atoms with van der Waals surface area (Å²) in [6.07, 6.45) is 1.75. The molecule has 154 valence electrons. The molecule has 0 radical (unpaired) electrons. The van der Waals surface area contributed by atoms with Gasteiger partial charge in [0.25, 0.3) is 0 Å². The highest BCUT2D eigenvalue weighted by atomic mass is 19.1. The van der Waals surface area contributed by atoms with Gasteiger partial charge in [-0.15, -0.1) is 0 Å². The van der Waals surface area contributed by atoms with Gasteiger partial charge in [-0.2, -0.15) is 0 Å². The van der Waals surface area contributed by atoms with E-state index in [1.807, 2.05) is 0 Å². The van der Waals surface area contributed by atoms with Gasteiger partial charge in [0.1, 0.15) is 17.2 Å². The number of aromatic carboxylic acids is 1. The Hall–Kier alpha value is -3.40. The third-order valence-corrected chi connectivity index (χ3v) is 5.82. The Balaban J connectivity index is 1.78. The molecule has 1 saturated heterocycles. The van der Waals surface area contributed by atoms with Crippen LogP contribution in [0.2, 0.25) is 0 Å². The van der Waals surface area contributed by atoms with Crippen LogP contribution in [0.25, 0.3) is 16.7 Å². The van der Waals surface area contributed by atoms with E-state index in [2.05, 4.69) is 4.98 Å². The molecule has 0 amide bonds. The minimum atomic E-state index is -1.56. The van der Waals surface area contributed by atoms with Gasteiger partial charge < -0.3 is 15.7 Å². The number of nitrogens with two attached hydrogens (primary N) is 1. The molecule has 2 unspecified atom stereocenters. The predicted molar refractivity (Wildman–Crippen MR) is 101 cm³/mol. The van der Waals surface area contributed by atoms with E-state index < -0.39 is 34.4 Å². The van der Waals surface area contributed by atoms with E-state index in [1.165, 1.54) is 0 Å². The Bertz CT molecular complexity index is 1310. The molecule has 2 aliphatic rings. The summed E-state index contributed by atoms with van der Waals surface area (Å²) < 4.78 is 43.7. The monoisotopic (exact) mass is 416 g/mol. The van der Waals surface area contributed by atoms with Gasteiger partial charge in [-0.1, -0.05) is 0 Å². The number of carbonyl (C=O) groups is 1. The zero-order chi connectivity index (χ0) is 21.4. The number of carboxylic acids is 1. The lowest BCUT2D eigenvalue weighted by molar-refractivity contribution is 0.0695. The Kier molecular flexibility index (Phi) is 3.75. The molecule has 3 aromatic rings. The molecule has 5 rings (SSSR count). The minimum Gasteiger partial charge on any atom is -0.477 e. The summed E-state index contributed by atoms with van der Waals surface area (Å²) in [6.45, 7) is 0.879. The van der Waals surface area contributed by atoms with Crippen LogP contribution in [0.4, 0.5) is 19.0 Å². The first kappa shape index (κ1) is 18.6. The minimum absolute atomic E-state index is 0.0572. The molecule has 3 heterocycles. The van der Waals surface area contributed by atoms with E-state index in [0.717, 1.165) is 35.4 Å². The SMILES string of the molecule is NC12CC1CN(c1nc3c(cc1F)c(=O)c(C(=O)O)cn3-c1ccc(F)cc1F)C2. The normalized spacial score (nSPS) is 22.4. The van der Waals surface area contributed by atoms with Crippen molar-refractivity contribution in [1.29, 1.82) is 0 Å². The molecular weight excluding hydrogens is 401 g/mol. The smallest absolute Gasteiger partial charge is 0.341 e. The molecule has 7 nitrogen and oxygen atoms in total. The van der Waals surface area contributed by atoms with E-state index in [-0.39, 0.29) is 34.0 Å². The number of benzene rings is 1. The number of anilines is 1. The van der Waals surface area contributed by atoms with Crippen molar-refractivity contribution < 1.29 is 23.1 Å². The first-order chi connectivity index (χ1) is 14.2. The average molecular weight is 416 g/mol. The molecule has 2 atom stereocenters. The van der Waals surface area contributed by atoms with Gasteiger partial charge in [-0.25, -0.2) is 22.9 Å². The lowest BCUT2D eigenvalue weighted by atomic mass is 10.1. The molecule has 1 aromatic carbocycles. The van der Waals surface area contributed by atoms with Crippen molar-refractivity contribution in [2.24, 2.45) is 11.7 Å². The Morgan fingerprint density at radius 1 is 1.23 bits per heavy atom. The van der Waals surface area contributed by atoms with Crippen molar-refractivity contribution in [2.45, 2.75) is 12.0 Å². The fourth-order valence-electron chi connectivity index (χ4n) is 4.14. The summed E-state index contributed by atoms with van der Waals surface area (Å²) in [5.74, 6) is -4.03. The van der Waals surface area contributed by atoms with E-state index in [9.17, 15) is 27.9 Å². The second kappa shape index (κ2) is 6.05. The summed E-state index contributed by atoms with van der Waals surface area (Å²) in [5, 5.41) is 9.04. The van der Waals surface area contributed by atoms with Crippen LogP contribution < -0.4 is 16.1 Å². The first-order valence-electron chi connectivity index (χ1n) is 9.16. The number of pyridine rings is 2. The fraction of sp³-hybridized carbons (Fsp3) is 0.250. The second-order valence-electron chi connectivity index (χ2n) is 7.82. The number of nitrogens with zero attached hydrogens (tertiary/aromatic N) is 3. The molecule has 2 aromatic heterocycles. The number of aromatic nitrogens is 2. The fourth-order valence-corrected chi connectivity index (χ4v) is 4.14. The lowest BCUT2D eigenvalue weighted by Gasteiger charge is -2.22. The third kappa shape index (κ3) is 2.67. The highest BCUT2D eigenvalue weighted by Gasteiger charge is 2.57. The maximum atomic E-state index is 14.9.